The molecule has 2 N–H and O–H groups in total. The molecule has 106 valence electrons. The zero-order chi connectivity index (χ0) is 13.7. The minimum Gasteiger partial charge on any atom is -0.395 e. The number of anilines is 1. The highest BCUT2D eigenvalue weighted by molar-refractivity contribution is 6.30. The molecular weight excluding hydrogens is 268 g/mol. The molecule has 0 amide bonds. The first-order valence-corrected chi connectivity index (χ1v) is 6.82. The molecule has 19 heavy (non-hydrogen) atoms. The van der Waals surface area contributed by atoms with Crippen molar-refractivity contribution in [3.63, 3.8) is 0 Å². The number of nitrogens with zero attached hydrogens (tertiary/aromatic N) is 4. The zero-order valence-electron chi connectivity index (χ0n) is 10.8. The largest absolute Gasteiger partial charge is 0.395 e. The molecule has 2 rings (SSSR count). The number of rotatable bonds is 4. The van der Waals surface area contributed by atoms with Gasteiger partial charge in [0.1, 0.15) is 17.3 Å². The lowest BCUT2D eigenvalue weighted by Gasteiger charge is -2.24. The second-order valence-corrected chi connectivity index (χ2v) is 4.89. The molecule has 1 saturated heterocycles. The lowest BCUT2D eigenvalue weighted by molar-refractivity contribution is 0.204. The van der Waals surface area contributed by atoms with E-state index in [1.165, 1.54) is 6.33 Å². The molecule has 0 spiro atoms. The predicted octanol–water partition coefficient (Wildman–Crippen LogP) is 0.127. The van der Waals surface area contributed by atoms with Gasteiger partial charge in [-0.2, -0.15) is 0 Å². The van der Waals surface area contributed by atoms with Crippen LogP contribution >= 0.6 is 11.6 Å². The first kappa shape index (κ1) is 14.5. The van der Waals surface area contributed by atoms with Crippen LogP contribution in [0.2, 0.25) is 5.15 Å². The van der Waals surface area contributed by atoms with Crippen LogP contribution in [0.1, 0.15) is 12.0 Å². The van der Waals surface area contributed by atoms with Crippen LogP contribution in [0.25, 0.3) is 0 Å². The van der Waals surface area contributed by atoms with Gasteiger partial charge in [0.25, 0.3) is 0 Å². The average Bonchev–Trinajstić information content (AvgIpc) is 2.64. The monoisotopic (exact) mass is 286 g/mol. The number of β-amino-alcohol motifs (C(OH)–C–C–N with tert-alkyl or cyclic N) is 1. The van der Waals surface area contributed by atoms with Crippen LogP contribution in [0, 0.1) is 0 Å². The normalized spacial score (nSPS) is 17.5. The molecule has 0 unspecified atom stereocenters. The molecule has 1 aromatic heterocycles. The van der Waals surface area contributed by atoms with Crippen molar-refractivity contribution < 1.29 is 10.2 Å². The molecule has 0 saturated carbocycles. The molecule has 0 bridgehead atoms. The summed E-state index contributed by atoms with van der Waals surface area (Å²) in [6.45, 7) is 4.22. The lowest BCUT2D eigenvalue weighted by Crippen LogP contribution is -2.33. The Morgan fingerprint density at radius 1 is 1.16 bits per heavy atom. The van der Waals surface area contributed by atoms with E-state index in [4.69, 9.17) is 16.7 Å². The van der Waals surface area contributed by atoms with Gasteiger partial charge in [-0.05, 0) is 13.0 Å². The van der Waals surface area contributed by atoms with Gasteiger partial charge in [-0.1, -0.05) is 11.6 Å². The summed E-state index contributed by atoms with van der Waals surface area (Å²) in [5.41, 5.74) is 0.583. The third-order valence-corrected chi connectivity index (χ3v) is 3.66. The van der Waals surface area contributed by atoms with Crippen molar-refractivity contribution in [2.24, 2.45) is 0 Å². The summed E-state index contributed by atoms with van der Waals surface area (Å²) in [6, 6.07) is 0. The SMILES string of the molecule is OCCN1CCCN(c2ncnc(Cl)c2CO)CC1. The molecule has 0 atom stereocenters. The Hall–Kier alpha value is -0.950. The van der Waals surface area contributed by atoms with Gasteiger partial charge < -0.3 is 15.1 Å². The maximum absolute atomic E-state index is 9.40. The topological polar surface area (TPSA) is 72.7 Å². The fourth-order valence-electron chi connectivity index (χ4n) is 2.34. The minimum absolute atomic E-state index is 0.161. The number of hydrogen-bond acceptors (Lipinski definition) is 6. The lowest BCUT2D eigenvalue weighted by atomic mass is 10.3. The second kappa shape index (κ2) is 7.00. The molecule has 1 fully saturated rings. The van der Waals surface area contributed by atoms with E-state index in [1.54, 1.807) is 0 Å². The highest BCUT2D eigenvalue weighted by Gasteiger charge is 2.19. The van der Waals surface area contributed by atoms with E-state index in [2.05, 4.69) is 19.8 Å². The van der Waals surface area contributed by atoms with E-state index in [1.807, 2.05) is 0 Å². The maximum atomic E-state index is 9.40. The van der Waals surface area contributed by atoms with Gasteiger partial charge in [0, 0.05) is 26.2 Å². The van der Waals surface area contributed by atoms with Crippen molar-refractivity contribution in [2.45, 2.75) is 13.0 Å². The van der Waals surface area contributed by atoms with E-state index in [9.17, 15) is 5.11 Å². The Bertz CT molecular complexity index is 419. The molecule has 7 heteroatoms. The van der Waals surface area contributed by atoms with Gasteiger partial charge in [-0.15, -0.1) is 0 Å². The molecule has 0 aliphatic carbocycles. The molecule has 1 aliphatic rings. The third-order valence-electron chi connectivity index (χ3n) is 3.33. The first-order valence-electron chi connectivity index (χ1n) is 6.44. The Labute approximate surface area is 117 Å². The van der Waals surface area contributed by atoms with Crippen LogP contribution in [0.5, 0.6) is 0 Å². The summed E-state index contributed by atoms with van der Waals surface area (Å²) in [7, 11) is 0. The van der Waals surface area contributed by atoms with Crippen molar-refractivity contribution in [1.82, 2.24) is 14.9 Å². The van der Waals surface area contributed by atoms with Crippen LogP contribution in [0.3, 0.4) is 0 Å². The maximum Gasteiger partial charge on any atom is 0.140 e. The van der Waals surface area contributed by atoms with Crippen LogP contribution in [-0.4, -0.2) is 64.4 Å². The Kier molecular flexibility index (Phi) is 5.33. The van der Waals surface area contributed by atoms with Gasteiger partial charge in [-0.25, -0.2) is 9.97 Å². The minimum atomic E-state index is -0.161. The summed E-state index contributed by atoms with van der Waals surface area (Å²) < 4.78 is 0. The summed E-state index contributed by atoms with van der Waals surface area (Å²) in [6.07, 6.45) is 2.42. The number of aliphatic hydroxyl groups excluding tert-OH is 2. The molecule has 1 aromatic rings. The molecule has 0 aromatic carbocycles. The molecular formula is C12H19ClN4O2. The summed E-state index contributed by atoms with van der Waals surface area (Å²) in [5.74, 6) is 0.716. The molecule has 6 nitrogen and oxygen atoms in total. The number of aliphatic hydroxyl groups is 2. The smallest absolute Gasteiger partial charge is 0.140 e. The van der Waals surface area contributed by atoms with Crippen LogP contribution < -0.4 is 4.90 Å². The van der Waals surface area contributed by atoms with Crippen LogP contribution in [-0.2, 0) is 6.61 Å². The van der Waals surface area contributed by atoms with Gasteiger partial charge in [0.05, 0.1) is 18.8 Å². The Morgan fingerprint density at radius 2 is 2.00 bits per heavy atom. The predicted molar refractivity (Wildman–Crippen MR) is 73.3 cm³/mol. The number of halogens is 1. The van der Waals surface area contributed by atoms with E-state index >= 15 is 0 Å². The van der Waals surface area contributed by atoms with Crippen molar-refractivity contribution in [3.05, 3.63) is 17.0 Å². The highest BCUT2D eigenvalue weighted by Crippen LogP contribution is 2.24. The van der Waals surface area contributed by atoms with Crippen molar-refractivity contribution >= 4 is 17.4 Å². The van der Waals surface area contributed by atoms with Crippen LogP contribution in [0.4, 0.5) is 5.82 Å². The van der Waals surface area contributed by atoms with Gasteiger partial charge in [0.15, 0.2) is 0 Å². The zero-order valence-corrected chi connectivity index (χ0v) is 11.6. The number of aromatic nitrogens is 2. The van der Waals surface area contributed by atoms with Crippen molar-refractivity contribution in [3.8, 4) is 0 Å². The molecule has 0 radical (unpaired) electrons. The first-order chi connectivity index (χ1) is 9.26. The standard InChI is InChI=1S/C12H19ClN4O2/c13-11-10(8-19)12(15-9-14-11)17-3-1-2-16(4-5-17)6-7-18/h9,18-19H,1-8H2. The summed E-state index contributed by atoms with van der Waals surface area (Å²) in [5, 5.41) is 18.7. The second-order valence-electron chi connectivity index (χ2n) is 4.53. The van der Waals surface area contributed by atoms with Crippen LogP contribution in [0.15, 0.2) is 6.33 Å². The Morgan fingerprint density at radius 3 is 2.74 bits per heavy atom. The fourth-order valence-corrected chi connectivity index (χ4v) is 2.53. The molecule has 2 heterocycles. The summed E-state index contributed by atoms with van der Waals surface area (Å²) >= 11 is 5.99. The van der Waals surface area contributed by atoms with Gasteiger partial charge in [-0.3, -0.25) is 4.90 Å². The Balaban J connectivity index is 2.12. The van der Waals surface area contributed by atoms with E-state index < -0.39 is 0 Å². The van der Waals surface area contributed by atoms with Crippen molar-refractivity contribution in [1.29, 1.82) is 0 Å². The quantitative estimate of drug-likeness (QED) is 0.767. The average molecular weight is 287 g/mol. The number of hydrogen-bond donors (Lipinski definition) is 2. The van der Waals surface area contributed by atoms with Gasteiger partial charge >= 0.3 is 0 Å². The third kappa shape index (κ3) is 3.54. The van der Waals surface area contributed by atoms with E-state index in [0.717, 1.165) is 32.6 Å². The van der Waals surface area contributed by atoms with Gasteiger partial charge in [0.2, 0.25) is 0 Å². The highest BCUT2D eigenvalue weighted by atomic mass is 35.5. The van der Waals surface area contributed by atoms with E-state index in [0.29, 0.717) is 23.1 Å². The van der Waals surface area contributed by atoms with Crippen molar-refractivity contribution in [2.75, 3.05) is 44.2 Å². The van der Waals surface area contributed by atoms with E-state index in [-0.39, 0.29) is 13.2 Å². The molecule has 1 aliphatic heterocycles. The summed E-state index contributed by atoms with van der Waals surface area (Å²) in [4.78, 5) is 12.5. The fraction of sp³-hybridized carbons (Fsp3) is 0.667.